The summed E-state index contributed by atoms with van der Waals surface area (Å²) >= 11 is 0. The Labute approximate surface area is 192 Å². The maximum Gasteiger partial charge on any atom is 0.321 e. The predicted octanol–water partition coefficient (Wildman–Crippen LogP) is 5.37. The van der Waals surface area contributed by atoms with Crippen LogP contribution in [0.1, 0.15) is 61.4 Å². The molecule has 3 unspecified atom stereocenters. The van der Waals surface area contributed by atoms with Crippen LogP contribution < -0.4 is 9.47 Å². The number of benzene rings is 2. The molecule has 2 aromatic carbocycles. The molecule has 3 atom stereocenters. The van der Waals surface area contributed by atoms with Gasteiger partial charge in [0, 0.05) is 0 Å². The molecule has 0 N–H and O–H groups in total. The van der Waals surface area contributed by atoms with Gasteiger partial charge in [0.2, 0.25) is 0 Å². The monoisotopic (exact) mass is 462 g/mol. The third-order valence-electron chi connectivity index (χ3n) is 5.31. The van der Waals surface area contributed by atoms with Gasteiger partial charge in [0.25, 0.3) is 0 Å². The average Bonchev–Trinajstić information content (AvgIpc) is 2.85. The van der Waals surface area contributed by atoms with Crippen LogP contribution >= 0.6 is 9.12 Å². The highest BCUT2D eigenvalue weighted by atomic mass is 31.0. The maximum atomic E-state index is 13.6. The largest absolute Gasteiger partial charge is 0.496 e. The lowest BCUT2D eigenvalue weighted by Crippen LogP contribution is -2.27. The molecule has 7 heteroatoms. The standard InChI is InChI=1S/C25H32O5.H3OP/c1-5-7-12-18(6-2)17-30-25(27)22(19-13-9-8-10-14-19)24(26)23-20(28-3)15-11-16-21(23)29-4;1-2/h8-11,13-16,18,22H,5-7,12,17H2,1-4H3;2H3. The van der Waals surface area contributed by atoms with E-state index in [1.54, 1.807) is 42.5 Å². The molecule has 0 saturated carbocycles. The van der Waals surface area contributed by atoms with E-state index in [-0.39, 0.29) is 5.56 Å². The zero-order valence-electron chi connectivity index (χ0n) is 19.5. The second-order valence-corrected chi connectivity index (χ2v) is 7.29. The molecule has 0 aliphatic rings. The first-order chi connectivity index (χ1) is 15.6. The number of Topliss-reactive ketones (excluding diaryl/α,β-unsaturated/α-hetero) is 1. The van der Waals surface area contributed by atoms with E-state index in [9.17, 15) is 9.59 Å². The van der Waals surface area contributed by atoms with E-state index in [4.69, 9.17) is 18.8 Å². The molecular formula is C25H35O6P. The van der Waals surface area contributed by atoms with Crippen molar-refractivity contribution in [1.29, 1.82) is 0 Å². The lowest BCUT2D eigenvalue weighted by Gasteiger charge is -2.20. The molecule has 2 rings (SSSR count). The van der Waals surface area contributed by atoms with Gasteiger partial charge in [-0.2, -0.15) is 0 Å². The molecule has 0 fully saturated rings. The first kappa shape index (κ1) is 27.4. The Morgan fingerprint density at radius 1 is 0.906 bits per heavy atom. The topological polar surface area (TPSA) is 78.9 Å². The number of carbonyl (C=O) groups excluding carboxylic acids is 2. The third-order valence-corrected chi connectivity index (χ3v) is 5.31. The first-order valence-electron chi connectivity index (χ1n) is 10.8. The lowest BCUT2D eigenvalue weighted by atomic mass is 9.89. The summed E-state index contributed by atoms with van der Waals surface area (Å²) in [6, 6.07) is 14.1. The molecule has 0 aliphatic carbocycles. The van der Waals surface area contributed by atoms with Gasteiger partial charge in [0.1, 0.15) is 23.0 Å². The van der Waals surface area contributed by atoms with Crippen LogP contribution in [0.5, 0.6) is 11.5 Å². The van der Waals surface area contributed by atoms with Gasteiger partial charge in [-0.25, -0.2) is 0 Å². The van der Waals surface area contributed by atoms with Crippen LogP contribution in [0.25, 0.3) is 0 Å². The Kier molecular flexibility index (Phi) is 13.1. The SMILES string of the molecule is CCCCC(CC)COC(=O)C(C(=O)c1c(OC)cccc1OC)c1ccccc1.O=[PH3]. The lowest BCUT2D eigenvalue weighted by molar-refractivity contribution is -0.145. The quantitative estimate of drug-likeness (QED) is 0.183. The molecular weight excluding hydrogens is 427 g/mol. The van der Waals surface area contributed by atoms with Crippen LogP contribution in [0.3, 0.4) is 0 Å². The van der Waals surface area contributed by atoms with Gasteiger partial charge in [0.05, 0.1) is 29.9 Å². The van der Waals surface area contributed by atoms with Gasteiger partial charge >= 0.3 is 5.97 Å². The molecule has 2 aromatic rings. The Bertz CT molecular complexity index is 817. The normalized spacial score (nSPS) is 12.1. The summed E-state index contributed by atoms with van der Waals surface area (Å²) < 4.78 is 24.7. The molecule has 176 valence electrons. The van der Waals surface area contributed by atoms with Gasteiger partial charge < -0.3 is 18.8 Å². The number of hydrogen-bond donors (Lipinski definition) is 0. The summed E-state index contributed by atoms with van der Waals surface area (Å²) in [6.45, 7) is 4.55. The summed E-state index contributed by atoms with van der Waals surface area (Å²) in [6.07, 6.45) is 4.13. The van der Waals surface area contributed by atoms with E-state index in [2.05, 4.69) is 13.8 Å². The second-order valence-electron chi connectivity index (χ2n) is 7.29. The van der Waals surface area contributed by atoms with Gasteiger partial charge in [0.15, 0.2) is 5.78 Å². The molecule has 0 saturated heterocycles. The second kappa shape index (κ2) is 15.3. The van der Waals surface area contributed by atoms with Crippen molar-refractivity contribution in [2.45, 2.75) is 45.4 Å². The third kappa shape index (κ3) is 7.52. The number of carbonyl (C=O) groups is 2. The molecule has 0 amide bonds. The number of ketones is 1. The zero-order valence-corrected chi connectivity index (χ0v) is 20.9. The molecule has 0 radical (unpaired) electrons. The van der Waals surface area contributed by atoms with Gasteiger partial charge in [-0.3, -0.25) is 9.59 Å². The van der Waals surface area contributed by atoms with Gasteiger partial charge in [-0.15, -0.1) is 0 Å². The summed E-state index contributed by atoms with van der Waals surface area (Å²) in [5.74, 6) is -1.01. The number of unbranched alkanes of at least 4 members (excludes halogenated alkanes) is 1. The van der Waals surface area contributed by atoms with E-state index >= 15 is 0 Å². The van der Waals surface area contributed by atoms with Crippen LogP contribution in [0, 0.1) is 5.92 Å². The molecule has 6 nitrogen and oxygen atoms in total. The van der Waals surface area contributed by atoms with Crippen molar-refractivity contribution in [3.63, 3.8) is 0 Å². The number of esters is 1. The van der Waals surface area contributed by atoms with Crippen molar-refractivity contribution in [1.82, 2.24) is 0 Å². The average molecular weight is 463 g/mol. The van der Waals surface area contributed by atoms with E-state index in [0.29, 0.717) is 38.7 Å². The van der Waals surface area contributed by atoms with Crippen LogP contribution in [0.15, 0.2) is 48.5 Å². The fourth-order valence-corrected chi connectivity index (χ4v) is 3.46. The Balaban J connectivity index is 0.00000249. The molecule has 32 heavy (non-hydrogen) atoms. The van der Waals surface area contributed by atoms with Crippen molar-refractivity contribution in [2.24, 2.45) is 5.92 Å². The van der Waals surface area contributed by atoms with E-state index in [1.807, 2.05) is 6.07 Å². The fraction of sp³-hybridized carbons (Fsp3) is 0.440. The van der Waals surface area contributed by atoms with Gasteiger partial charge in [-0.05, 0) is 30.0 Å². The first-order valence-corrected chi connectivity index (χ1v) is 11.4. The molecule has 0 heterocycles. The Morgan fingerprint density at radius 3 is 2.00 bits per heavy atom. The molecule has 0 aromatic heterocycles. The number of methoxy groups -OCH3 is 2. The molecule has 0 aliphatic heterocycles. The highest BCUT2D eigenvalue weighted by Gasteiger charge is 2.34. The van der Waals surface area contributed by atoms with Crippen molar-refractivity contribution < 1.29 is 28.4 Å². The van der Waals surface area contributed by atoms with Crippen LogP contribution in [-0.4, -0.2) is 32.6 Å². The number of rotatable bonds is 12. The van der Waals surface area contributed by atoms with Crippen LogP contribution in [-0.2, 0) is 14.1 Å². The minimum Gasteiger partial charge on any atom is -0.496 e. The van der Waals surface area contributed by atoms with Crippen molar-refractivity contribution in [3.05, 3.63) is 59.7 Å². The fourth-order valence-electron chi connectivity index (χ4n) is 3.46. The van der Waals surface area contributed by atoms with Crippen molar-refractivity contribution in [3.8, 4) is 11.5 Å². The minimum absolute atomic E-state index is 0.242. The Morgan fingerprint density at radius 2 is 1.50 bits per heavy atom. The van der Waals surface area contributed by atoms with Gasteiger partial charge in [-0.1, -0.05) is 69.5 Å². The summed E-state index contributed by atoms with van der Waals surface area (Å²) in [4.78, 5) is 26.7. The van der Waals surface area contributed by atoms with Crippen LogP contribution in [0.2, 0.25) is 0 Å². The zero-order chi connectivity index (χ0) is 23.9. The maximum absolute atomic E-state index is 13.6. The van der Waals surface area contributed by atoms with E-state index in [1.165, 1.54) is 14.2 Å². The van der Waals surface area contributed by atoms with Crippen LogP contribution in [0.4, 0.5) is 0 Å². The van der Waals surface area contributed by atoms with E-state index < -0.39 is 17.7 Å². The van der Waals surface area contributed by atoms with Crippen molar-refractivity contribution in [2.75, 3.05) is 20.8 Å². The highest BCUT2D eigenvalue weighted by molar-refractivity contribution is 7.00. The Hall–Kier alpha value is -2.59. The minimum atomic E-state index is -1.08. The summed E-state index contributed by atoms with van der Waals surface area (Å²) in [5.41, 5.74) is 0.827. The number of hydrogen-bond acceptors (Lipinski definition) is 6. The smallest absolute Gasteiger partial charge is 0.321 e. The molecule has 0 spiro atoms. The predicted molar refractivity (Wildman–Crippen MR) is 129 cm³/mol. The van der Waals surface area contributed by atoms with Crippen molar-refractivity contribution >= 4 is 20.9 Å². The molecule has 0 bridgehead atoms. The highest BCUT2D eigenvalue weighted by Crippen LogP contribution is 2.34. The summed E-state index contributed by atoms with van der Waals surface area (Å²) in [5, 5.41) is 0. The van der Waals surface area contributed by atoms with E-state index in [0.717, 1.165) is 25.7 Å². The summed E-state index contributed by atoms with van der Waals surface area (Å²) in [7, 11) is 3.59. The number of ether oxygens (including phenoxy) is 3.